The smallest absolute Gasteiger partial charge is 0.306 e. The van der Waals surface area contributed by atoms with Crippen molar-refractivity contribution in [3.05, 3.63) is 23.8 Å². The van der Waals surface area contributed by atoms with Crippen LogP contribution in [0.2, 0.25) is 0 Å². The fraction of sp³-hybridized carbons (Fsp3) is 0.529. The zero-order valence-corrected chi connectivity index (χ0v) is 13.5. The SMILES string of the molecule is COc1cccc(CNC(=O)C2CCCC(C(=O)O)C2)c1OC. The second-order valence-electron chi connectivity index (χ2n) is 5.77. The lowest BCUT2D eigenvalue weighted by Crippen LogP contribution is -2.35. The Hall–Kier alpha value is -2.24. The molecule has 1 saturated carbocycles. The molecule has 0 spiro atoms. The Balaban J connectivity index is 1.98. The number of para-hydroxylation sites is 1. The highest BCUT2D eigenvalue weighted by atomic mass is 16.5. The third-order valence-electron chi connectivity index (χ3n) is 4.33. The molecule has 0 heterocycles. The van der Waals surface area contributed by atoms with E-state index in [2.05, 4.69) is 5.32 Å². The highest BCUT2D eigenvalue weighted by Crippen LogP contribution is 2.31. The molecule has 2 atom stereocenters. The van der Waals surface area contributed by atoms with Crippen LogP contribution in [-0.4, -0.2) is 31.2 Å². The van der Waals surface area contributed by atoms with Crippen LogP contribution < -0.4 is 14.8 Å². The molecule has 6 heteroatoms. The Labute approximate surface area is 135 Å². The molecule has 1 aromatic carbocycles. The maximum Gasteiger partial charge on any atom is 0.306 e. The molecule has 0 saturated heterocycles. The van der Waals surface area contributed by atoms with Crippen molar-refractivity contribution in [2.45, 2.75) is 32.2 Å². The number of amides is 1. The van der Waals surface area contributed by atoms with E-state index in [4.69, 9.17) is 14.6 Å². The van der Waals surface area contributed by atoms with Crippen LogP contribution in [0.1, 0.15) is 31.2 Å². The highest BCUT2D eigenvalue weighted by molar-refractivity contribution is 5.80. The maximum absolute atomic E-state index is 12.3. The number of methoxy groups -OCH3 is 2. The Bertz CT molecular complexity index is 572. The van der Waals surface area contributed by atoms with Gasteiger partial charge >= 0.3 is 5.97 Å². The predicted molar refractivity (Wildman–Crippen MR) is 84.5 cm³/mol. The van der Waals surface area contributed by atoms with Crippen molar-refractivity contribution < 1.29 is 24.2 Å². The number of hydrogen-bond acceptors (Lipinski definition) is 4. The molecule has 126 valence electrons. The van der Waals surface area contributed by atoms with E-state index >= 15 is 0 Å². The standard InChI is InChI=1S/C17H23NO5/c1-22-14-8-4-7-13(15(14)23-2)10-18-16(19)11-5-3-6-12(9-11)17(20)21/h4,7-8,11-12H,3,5-6,9-10H2,1-2H3,(H,18,19)(H,20,21). The summed E-state index contributed by atoms with van der Waals surface area (Å²) in [6.45, 7) is 0.327. The minimum absolute atomic E-state index is 0.0965. The first-order chi connectivity index (χ1) is 11.1. The van der Waals surface area contributed by atoms with E-state index in [0.717, 1.165) is 18.4 Å². The Morgan fingerprint density at radius 1 is 1.22 bits per heavy atom. The summed E-state index contributed by atoms with van der Waals surface area (Å²) in [4.78, 5) is 23.4. The molecule has 6 nitrogen and oxygen atoms in total. The summed E-state index contributed by atoms with van der Waals surface area (Å²) in [6, 6.07) is 5.50. The largest absolute Gasteiger partial charge is 0.493 e. The van der Waals surface area contributed by atoms with Gasteiger partial charge in [-0.15, -0.1) is 0 Å². The van der Waals surface area contributed by atoms with E-state index < -0.39 is 11.9 Å². The average molecular weight is 321 g/mol. The number of rotatable bonds is 6. The van der Waals surface area contributed by atoms with Crippen LogP contribution in [0.4, 0.5) is 0 Å². The van der Waals surface area contributed by atoms with Gasteiger partial charge in [0, 0.05) is 18.0 Å². The van der Waals surface area contributed by atoms with Crippen LogP contribution in [0, 0.1) is 11.8 Å². The second kappa shape index (κ2) is 7.85. The molecule has 2 N–H and O–H groups in total. The molecule has 0 aromatic heterocycles. The lowest BCUT2D eigenvalue weighted by atomic mass is 9.81. The molecule has 0 radical (unpaired) electrons. The van der Waals surface area contributed by atoms with Gasteiger partial charge in [-0.3, -0.25) is 9.59 Å². The first kappa shape index (κ1) is 17.1. The molecule has 23 heavy (non-hydrogen) atoms. The van der Waals surface area contributed by atoms with Crippen LogP contribution in [0.25, 0.3) is 0 Å². The van der Waals surface area contributed by atoms with Crippen molar-refractivity contribution in [2.75, 3.05) is 14.2 Å². The van der Waals surface area contributed by atoms with Crippen LogP contribution in [0.3, 0.4) is 0 Å². The topological polar surface area (TPSA) is 84.9 Å². The molecule has 0 aliphatic heterocycles. The molecule has 0 bridgehead atoms. The number of carbonyl (C=O) groups is 2. The van der Waals surface area contributed by atoms with E-state index in [1.165, 1.54) is 0 Å². The number of ether oxygens (including phenoxy) is 2. The number of nitrogens with one attached hydrogen (secondary N) is 1. The highest BCUT2D eigenvalue weighted by Gasteiger charge is 2.30. The van der Waals surface area contributed by atoms with Gasteiger partial charge in [0.2, 0.25) is 5.91 Å². The summed E-state index contributed by atoms with van der Waals surface area (Å²) in [7, 11) is 3.12. The minimum Gasteiger partial charge on any atom is -0.493 e. The molecule has 1 aromatic rings. The second-order valence-corrected chi connectivity index (χ2v) is 5.77. The van der Waals surface area contributed by atoms with Crippen LogP contribution in [-0.2, 0) is 16.1 Å². The summed E-state index contributed by atoms with van der Waals surface area (Å²) >= 11 is 0. The van der Waals surface area contributed by atoms with Crippen LogP contribution >= 0.6 is 0 Å². The molecular formula is C17H23NO5. The summed E-state index contributed by atoms with van der Waals surface area (Å²) in [5.41, 5.74) is 0.825. The van der Waals surface area contributed by atoms with Gasteiger partial charge in [-0.1, -0.05) is 18.6 Å². The fourth-order valence-corrected chi connectivity index (χ4v) is 3.07. The van der Waals surface area contributed by atoms with Crippen molar-refractivity contribution in [3.8, 4) is 11.5 Å². The fourth-order valence-electron chi connectivity index (χ4n) is 3.07. The zero-order chi connectivity index (χ0) is 16.8. The monoisotopic (exact) mass is 321 g/mol. The van der Waals surface area contributed by atoms with Crippen LogP contribution in [0.5, 0.6) is 11.5 Å². The maximum atomic E-state index is 12.3. The van der Waals surface area contributed by atoms with Gasteiger partial charge in [0.25, 0.3) is 0 Å². The molecule has 1 fully saturated rings. The van der Waals surface area contributed by atoms with Gasteiger partial charge in [0.1, 0.15) is 0 Å². The van der Waals surface area contributed by atoms with Crippen molar-refractivity contribution in [1.29, 1.82) is 0 Å². The summed E-state index contributed by atoms with van der Waals surface area (Å²) < 4.78 is 10.6. The first-order valence-corrected chi connectivity index (χ1v) is 7.77. The molecule has 1 aliphatic rings. The number of hydrogen-bond donors (Lipinski definition) is 2. The predicted octanol–water partition coefficient (Wildman–Crippen LogP) is 2.21. The minimum atomic E-state index is -0.808. The first-order valence-electron chi connectivity index (χ1n) is 7.77. The van der Waals surface area contributed by atoms with Crippen molar-refractivity contribution in [2.24, 2.45) is 11.8 Å². The Kier molecular flexibility index (Phi) is 5.84. The van der Waals surface area contributed by atoms with Gasteiger partial charge in [-0.2, -0.15) is 0 Å². The average Bonchev–Trinajstić information content (AvgIpc) is 2.59. The summed E-state index contributed by atoms with van der Waals surface area (Å²) in [6.07, 6.45) is 2.58. The number of carboxylic acids is 1. The van der Waals surface area contributed by atoms with Crippen molar-refractivity contribution >= 4 is 11.9 Å². The number of aliphatic carboxylic acids is 1. The van der Waals surface area contributed by atoms with E-state index in [-0.39, 0.29) is 11.8 Å². The van der Waals surface area contributed by atoms with Gasteiger partial charge in [-0.25, -0.2) is 0 Å². The van der Waals surface area contributed by atoms with Crippen LogP contribution in [0.15, 0.2) is 18.2 Å². The summed E-state index contributed by atoms with van der Waals surface area (Å²) in [5.74, 6) is -0.338. The van der Waals surface area contributed by atoms with Crippen molar-refractivity contribution in [3.63, 3.8) is 0 Å². The van der Waals surface area contributed by atoms with Gasteiger partial charge in [0.05, 0.1) is 20.1 Å². The number of carboxylic acid groups (broad SMARTS) is 1. The Morgan fingerprint density at radius 3 is 2.61 bits per heavy atom. The lowest BCUT2D eigenvalue weighted by Gasteiger charge is -2.25. The van der Waals surface area contributed by atoms with Gasteiger partial charge < -0.3 is 19.9 Å². The quantitative estimate of drug-likeness (QED) is 0.839. The molecular weight excluding hydrogens is 298 g/mol. The third kappa shape index (κ3) is 4.15. The van der Waals surface area contributed by atoms with Crippen molar-refractivity contribution in [1.82, 2.24) is 5.32 Å². The molecule has 1 aliphatic carbocycles. The van der Waals surface area contributed by atoms with E-state index in [9.17, 15) is 9.59 Å². The van der Waals surface area contributed by atoms with Gasteiger partial charge in [0.15, 0.2) is 11.5 Å². The lowest BCUT2D eigenvalue weighted by molar-refractivity contribution is -0.144. The van der Waals surface area contributed by atoms with E-state index in [1.54, 1.807) is 20.3 Å². The molecule has 2 unspecified atom stereocenters. The molecule has 1 amide bonds. The zero-order valence-electron chi connectivity index (χ0n) is 13.5. The van der Waals surface area contributed by atoms with E-state index in [0.29, 0.717) is 30.9 Å². The van der Waals surface area contributed by atoms with Gasteiger partial charge in [-0.05, 0) is 25.3 Å². The van der Waals surface area contributed by atoms with E-state index in [1.807, 2.05) is 12.1 Å². The summed E-state index contributed by atoms with van der Waals surface area (Å²) in [5, 5.41) is 12.0. The third-order valence-corrected chi connectivity index (χ3v) is 4.33. The molecule has 2 rings (SSSR count). The Morgan fingerprint density at radius 2 is 1.96 bits per heavy atom. The number of benzene rings is 1. The number of carbonyl (C=O) groups excluding carboxylic acids is 1. The normalized spacial score (nSPS) is 20.6.